The Balaban J connectivity index is 2.59. The van der Waals surface area contributed by atoms with E-state index in [0.29, 0.717) is 6.54 Å². The Bertz CT molecular complexity index is 469. The molecule has 112 valence electrons. The van der Waals surface area contributed by atoms with Gasteiger partial charge in [-0.25, -0.2) is 0 Å². The van der Waals surface area contributed by atoms with Crippen LogP contribution in [0.3, 0.4) is 0 Å². The van der Waals surface area contributed by atoms with E-state index in [1.165, 1.54) is 6.07 Å². The minimum Gasteiger partial charge on any atom is -0.484 e. The number of ether oxygens (including phenoxy) is 1. The summed E-state index contributed by atoms with van der Waals surface area (Å²) in [7, 11) is 0. The van der Waals surface area contributed by atoms with E-state index in [-0.39, 0.29) is 23.6 Å². The summed E-state index contributed by atoms with van der Waals surface area (Å²) in [4.78, 5) is 10.4. The predicted molar refractivity (Wildman–Crippen MR) is 77.1 cm³/mol. The number of aliphatic hydroxyl groups excluding tert-OH is 1. The van der Waals surface area contributed by atoms with Gasteiger partial charge in [-0.1, -0.05) is 6.07 Å². The van der Waals surface area contributed by atoms with Crippen LogP contribution in [-0.4, -0.2) is 34.8 Å². The van der Waals surface area contributed by atoms with Crippen molar-refractivity contribution < 1.29 is 14.8 Å². The van der Waals surface area contributed by atoms with Gasteiger partial charge in [0.1, 0.15) is 12.7 Å². The Kier molecular flexibility index (Phi) is 5.47. The summed E-state index contributed by atoms with van der Waals surface area (Å²) < 4.78 is 5.35. The van der Waals surface area contributed by atoms with Crippen molar-refractivity contribution in [2.24, 2.45) is 0 Å². The van der Waals surface area contributed by atoms with Crippen molar-refractivity contribution in [1.29, 1.82) is 0 Å². The molecule has 0 amide bonds. The number of hydrogen-bond donors (Lipinski definition) is 2. The number of nitrogens with zero attached hydrogens (tertiary/aromatic N) is 1. The number of aryl methyl sites for hydroxylation is 1. The maximum absolute atomic E-state index is 10.9. The first-order valence-electron chi connectivity index (χ1n) is 6.50. The third-order valence-corrected chi connectivity index (χ3v) is 2.61. The van der Waals surface area contributed by atoms with Crippen LogP contribution in [0.15, 0.2) is 18.2 Å². The minimum absolute atomic E-state index is 0.00693. The molecule has 0 spiro atoms. The summed E-state index contributed by atoms with van der Waals surface area (Å²) in [6.45, 7) is 8.12. The van der Waals surface area contributed by atoms with Crippen LogP contribution in [0.5, 0.6) is 5.75 Å². The molecule has 0 aliphatic rings. The number of nitro groups is 1. The lowest BCUT2D eigenvalue weighted by Gasteiger charge is -2.22. The lowest BCUT2D eigenvalue weighted by Crippen LogP contribution is -2.42. The van der Waals surface area contributed by atoms with Gasteiger partial charge in [-0.15, -0.1) is 0 Å². The van der Waals surface area contributed by atoms with Crippen LogP contribution in [0.4, 0.5) is 5.69 Å². The highest BCUT2D eigenvalue weighted by Gasteiger charge is 2.17. The molecule has 0 heterocycles. The lowest BCUT2D eigenvalue weighted by molar-refractivity contribution is -0.386. The average Bonchev–Trinajstić information content (AvgIpc) is 2.33. The van der Waals surface area contributed by atoms with E-state index in [4.69, 9.17) is 4.74 Å². The first-order valence-corrected chi connectivity index (χ1v) is 6.50. The normalized spacial score (nSPS) is 13.1. The molecule has 0 aliphatic carbocycles. The van der Waals surface area contributed by atoms with Gasteiger partial charge in [-0.2, -0.15) is 0 Å². The van der Waals surface area contributed by atoms with Crippen molar-refractivity contribution in [2.75, 3.05) is 13.2 Å². The van der Waals surface area contributed by atoms with Crippen molar-refractivity contribution in [1.82, 2.24) is 5.32 Å². The van der Waals surface area contributed by atoms with Gasteiger partial charge in [0.05, 0.1) is 4.92 Å². The van der Waals surface area contributed by atoms with Gasteiger partial charge in [0.25, 0.3) is 0 Å². The number of benzene rings is 1. The minimum atomic E-state index is -0.727. The summed E-state index contributed by atoms with van der Waals surface area (Å²) in [5, 5.41) is 23.9. The first kappa shape index (κ1) is 16.4. The van der Waals surface area contributed by atoms with Crippen LogP contribution in [0.25, 0.3) is 0 Å². The fraction of sp³-hybridized carbons (Fsp3) is 0.571. The number of aliphatic hydroxyl groups is 1. The fourth-order valence-corrected chi connectivity index (χ4v) is 1.56. The van der Waals surface area contributed by atoms with Crippen molar-refractivity contribution >= 4 is 5.69 Å². The molecule has 0 aliphatic heterocycles. The van der Waals surface area contributed by atoms with Crippen LogP contribution >= 0.6 is 0 Å². The summed E-state index contributed by atoms with van der Waals surface area (Å²) in [6, 6.07) is 4.74. The number of nitrogens with one attached hydrogen (secondary N) is 1. The molecule has 0 aromatic heterocycles. The van der Waals surface area contributed by atoms with Crippen molar-refractivity contribution in [3.63, 3.8) is 0 Å². The molecule has 1 rings (SSSR count). The molecule has 1 aromatic carbocycles. The van der Waals surface area contributed by atoms with Gasteiger partial charge < -0.3 is 15.2 Å². The molecule has 0 radical (unpaired) electrons. The maximum Gasteiger partial charge on any atom is 0.311 e. The topological polar surface area (TPSA) is 84.6 Å². The zero-order valence-electron chi connectivity index (χ0n) is 12.3. The first-order chi connectivity index (χ1) is 9.19. The van der Waals surface area contributed by atoms with Crippen LogP contribution in [0, 0.1) is 17.0 Å². The van der Waals surface area contributed by atoms with Crippen LogP contribution in [-0.2, 0) is 0 Å². The third kappa shape index (κ3) is 5.54. The summed E-state index contributed by atoms with van der Waals surface area (Å²) in [5.41, 5.74) is 0.608. The molecule has 20 heavy (non-hydrogen) atoms. The Morgan fingerprint density at radius 1 is 1.45 bits per heavy atom. The molecular weight excluding hydrogens is 260 g/mol. The Morgan fingerprint density at radius 3 is 2.65 bits per heavy atom. The van der Waals surface area contributed by atoms with Gasteiger partial charge in [-0.05, 0) is 39.3 Å². The smallest absolute Gasteiger partial charge is 0.311 e. The molecule has 2 N–H and O–H groups in total. The van der Waals surface area contributed by atoms with Crippen LogP contribution in [0.2, 0.25) is 0 Å². The highest BCUT2D eigenvalue weighted by molar-refractivity contribution is 5.48. The Hall–Kier alpha value is -1.66. The fourth-order valence-electron chi connectivity index (χ4n) is 1.56. The Labute approximate surface area is 118 Å². The molecule has 0 saturated carbocycles. The van der Waals surface area contributed by atoms with E-state index >= 15 is 0 Å². The highest BCUT2D eigenvalue weighted by Crippen LogP contribution is 2.27. The largest absolute Gasteiger partial charge is 0.484 e. The number of nitro benzene ring substituents is 1. The monoisotopic (exact) mass is 282 g/mol. The molecule has 0 bridgehead atoms. The third-order valence-electron chi connectivity index (χ3n) is 2.61. The van der Waals surface area contributed by atoms with Crippen molar-refractivity contribution in [3.05, 3.63) is 33.9 Å². The van der Waals surface area contributed by atoms with E-state index in [2.05, 4.69) is 5.32 Å². The SMILES string of the molecule is Cc1ccc(OCC(O)CNC(C)(C)C)c([N+](=O)[O-])c1. The van der Waals surface area contributed by atoms with E-state index in [9.17, 15) is 15.2 Å². The van der Waals surface area contributed by atoms with Gasteiger partial charge >= 0.3 is 5.69 Å². The second-order valence-electron chi connectivity index (χ2n) is 5.82. The summed E-state index contributed by atoms with van der Waals surface area (Å²) in [6.07, 6.45) is -0.727. The van der Waals surface area contributed by atoms with Crippen molar-refractivity contribution in [3.8, 4) is 5.75 Å². The molecule has 1 unspecified atom stereocenters. The standard InChI is InChI=1S/C14H22N2O4/c1-10-5-6-13(12(7-10)16(18)19)20-9-11(17)8-15-14(2,3)4/h5-7,11,15,17H,8-9H2,1-4H3. The lowest BCUT2D eigenvalue weighted by atomic mass is 10.1. The predicted octanol–water partition coefficient (Wildman–Crippen LogP) is 2.03. The van der Waals surface area contributed by atoms with Crippen LogP contribution in [0.1, 0.15) is 26.3 Å². The molecular formula is C14H22N2O4. The maximum atomic E-state index is 10.9. The Morgan fingerprint density at radius 2 is 2.10 bits per heavy atom. The molecule has 1 aromatic rings. The highest BCUT2D eigenvalue weighted by atomic mass is 16.6. The van der Waals surface area contributed by atoms with E-state index in [0.717, 1.165) is 5.56 Å². The van der Waals surface area contributed by atoms with E-state index in [1.54, 1.807) is 19.1 Å². The van der Waals surface area contributed by atoms with Gasteiger partial charge in [-0.3, -0.25) is 10.1 Å². The number of hydrogen-bond acceptors (Lipinski definition) is 5. The van der Waals surface area contributed by atoms with Gasteiger partial charge in [0.15, 0.2) is 5.75 Å². The molecule has 6 heteroatoms. The molecule has 0 fully saturated rings. The summed E-state index contributed by atoms with van der Waals surface area (Å²) in [5.74, 6) is 0.176. The second kappa shape index (κ2) is 6.67. The average molecular weight is 282 g/mol. The van der Waals surface area contributed by atoms with Gasteiger partial charge in [0, 0.05) is 18.2 Å². The zero-order chi connectivity index (χ0) is 15.3. The van der Waals surface area contributed by atoms with Crippen LogP contribution < -0.4 is 10.1 Å². The number of β-amino-alcohol motifs (C(OH)–C–C–N with tert-alkyl or cyclic N) is 1. The number of rotatable bonds is 6. The van der Waals surface area contributed by atoms with Crippen molar-refractivity contribution in [2.45, 2.75) is 39.3 Å². The summed E-state index contributed by atoms with van der Waals surface area (Å²) >= 11 is 0. The zero-order valence-corrected chi connectivity index (χ0v) is 12.3. The second-order valence-corrected chi connectivity index (χ2v) is 5.82. The van der Waals surface area contributed by atoms with E-state index in [1.807, 2.05) is 20.8 Å². The molecule has 1 atom stereocenters. The molecule has 6 nitrogen and oxygen atoms in total. The molecule has 0 saturated heterocycles. The van der Waals surface area contributed by atoms with Gasteiger partial charge in [0.2, 0.25) is 0 Å². The quantitative estimate of drug-likeness (QED) is 0.616. The van der Waals surface area contributed by atoms with E-state index < -0.39 is 11.0 Å².